The van der Waals surface area contributed by atoms with E-state index in [1.807, 2.05) is 48.6 Å². The van der Waals surface area contributed by atoms with E-state index in [1.165, 1.54) is 26.0 Å². The van der Waals surface area contributed by atoms with Gasteiger partial charge in [-0.05, 0) is 43.6 Å². The van der Waals surface area contributed by atoms with E-state index >= 15 is 0 Å². The number of ketones is 2. The van der Waals surface area contributed by atoms with Crippen LogP contribution < -0.4 is 0 Å². The monoisotopic (exact) mass is 280 g/mol. The van der Waals surface area contributed by atoms with Crippen molar-refractivity contribution in [1.29, 1.82) is 0 Å². The van der Waals surface area contributed by atoms with Crippen LogP contribution in [0.4, 0.5) is 0 Å². The molecule has 1 aliphatic rings. The Hall–Kier alpha value is -2.48. The van der Waals surface area contributed by atoms with E-state index in [4.69, 9.17) is 0 Å². The fraction of sp³-hybridized carbons (Fsp3) is 0.158. The van der Waals surface area contributed by atoms with Gasteiger partial charge in [0.1, 0.15) is 0 Å². The molecular formula is C19H20O2. The maximum absolute atomic E-state index is 10.8. The van der Waals surface area contributed by atoms with Crippen molar-refractivity contribution in [2.24, 2.45) is 0 Å². The highest BCUT2D eigenvalue weighted by molar-refractivity contribution is 5.87. The van der Waals surface area contributed by atoms with Crippen molar-refractivity contribution in [3.05, 3.63) is 84.1 Å². The zero-order valence-electron chi connectivity index (χ0n) is 12.5. The molecule has 0 aromatic rings. The van der Waals surface area contributed by atoms with Crippen molar-refractivity contribution in [3.8, 4) is 0 Å². The first-order chi connectivity index (χ1) is 10.1. The molecular weight excluding hydrogens is 260 g/mol. The van der Waals surface area contributed by atoms with Crippen molar-refractivity contribution in [2.75, 3.05) is 0 Å². The summed E-state index contributed by atoms with van der Waals surface area (Å²) in [6.07, 6.45) is 23.1. The molecule has 0 radical (unpaired) electrons. The highest BCUT2D eigenvalue weighted by Crippen LogP contribution is 2.17. The Morgan fingerprint density at radius 3 is 1.62 bits per heavy atom. The summed E-state index contributed by atoms with van der Waals surface area (Å²) in [5.41, 5.74) is 2.31. The molecule has 21 heavy (non-hydrogen) atoms. The van der Waals surface area contributed by atoms with Gasteiger partial charge in [-0.25, -0.2) is 0 Å². The van der Waals surface area contributed by atoms with Gasteiger partial charge in [-0.2, -0.15) is 0 Å². The van der Waals surface area contributed by atoms with Gasteiger partial charge in [-0.3, -0.25) is 9.59 Å². The van der Waals surface area contributed by atoms with Crippen LogP contribution in [0.2, 0.25) is 0 Å². The predicted molar refractivity (Wildman–Crippen MR) is 87.8 cm³/mol. The molecule has 0 N–H and O–H groups in total. The zero-order chi connectivity index (χ0) is 15.5. The molecule has 0 aromatic carbocycles. The summed E-state index contributed by atoms with van der Waals surface area (Å²) in [6.45, 7) is 3.05. The minimum absolute atomic E-state index is 0.0372. The van der Waals surface area contributed by atoms with Crippen molar-refractivity contribution in [2.45, 2.75) is 20.3 Å². The smallest absolute Gasteiger partial charge is 0.152 e. The minimum Gasteiger partial charge on any atom is -0.295 e. The number of carbonyl (C=O) groups excluding carboxylic acids is 2. The minimum atomic E-state index is 0.0372. The van der Waals surface area contributed by atoms with E-state index in [1.54, 1.807) is 12.2 Å². The van der Waals surface area contributed by atoms with E-state index in [0.29, 0.717) is 0 Å². The lowest BCUT2D eigenvalue weighted by Crippen LogP contribution is -1.82. The van der Waals surface area contributed by atoms with Crippen LogP contribution in [-0.2, 0) is 9.59 Å². The third-order valence-corrected chi connectivity index (χ3v) is 2.64. The predicted octanol–water partition coefficient (Wildman–Crippen LogP) is 4.20. The Morgan fingerprint density at radius 2 is 1.24 bits per heavy atom. The van der Waals surface area contributed by atoms with E-state index in [0.717, 1.165) is 17.6 Å². The van der Waals surface area contributed by atoms with Gasteiger partial charge in [0.25, 0.3) is 0 Å². The molecule has 1 aliphatic carbocycles. The van der Waals surface area contributed by atoms with Gasteiger partial charge < -0.3 is 0 Å². The first-order valence-corrected chi connectivity index (χ1v) is 6.85. The first kappa shape index (κ1) is 16.6. The Morgan fingerprint density at radius 1 is 0.810 bits per heavy atom. The Labute approximate surface area is 126 Å². The molecule has 0 bridgehead atoms. The Kier molecular flexibility index (Phi) is 7.44. The second-order valence-corrected chi connectivity index (χ2v) is 4.70. The van der Waals surface area contributed by atoms with E-state index in [2.05, 4.69) is 0 Å². The summed E-state index contributed by atoms with van der Waals surface area (Å²) in [5.74, 6) is 0.0744. The maximum Gasteiger partial charge on any atom is 0.152 e. The summed E-state index contributed by atoms with van der Waals surface area (Å²) < 4.78 is 0. The van der Waals surface area contributed by atoms with Crippen molar-refractivity contribution < 1.29 is 9.59 Å². The largest absolute Gasteiger partial charge is 0.295 e. The van der Waals surface area contributed by atoms with Crippen molar-refractivity contribution in [3.63, 3.8) is 0 Å². The van der Waals surface area contributed by atoms with E-state index < -0.39 is 0 Å². The van der Waals surface area contributed by atoms with Gasteiger partial charge >= 0.3 is 0 Å². The quantitative estimate of drug-likeness (QED) is 0.539. The van der Waals surface area contributed by atoms with Crippen LogP contribution in [-0.4, -0.2) is 11.6 Å². The van der Waals surface area contributed by atoms with Gasteiger partial charge in [0.2, 0.25) is 0 Å². The topological polar surface area (TPSA) is 34.1 Å². The molecule has 0 unspecified atom stereocenters. The van der Waals surface area contributed by atoms with Crippen molar-refractivity contribution >= 4 is 11.6 Å². The molecule has 1 rings (SSSR count). The molecule has 0 heterocycles. The molecule has 0 atom stereocenters. The SMILES string of the molecule is CC(=O)/C=C/C=C/C1=CC=CC=C(/C=C/C=C/C(C)=O)C1. The van der Waals surface area contributed by atoms with Crippen LogP contribution in [0.25, 0.3) is 0 Å². The van der Waals surface area contributed by atoms with Gasteiger partial charge in [0, 0.05) is 0 Å². The molecule has 108 valence electrons. The Bertz CT molecular complexity index is 539. The number of carbonyl (C=O) groups is 2. The maximum atomic E-state index is 10.8. The van der Waals surface area contributed by atoms with Crippen molar-refractivity contribution in [1.82, 2.24) is 0 Å². The number of hydrogen-bond donors (Lipinski definition) is 0. The zero-order valence-corrected chi connectivity index (χ0v) is 12.5. The molecule has 0 amide bonds. The summed E-state index contributed by atoms with van der Waals surface area (Å²) in [7, 11) is 0. The second-order valence-electron chi connectivity index (χ2n) is 4.70. The third kappa shape index (κ3) is 8.32. The van der Waals surface area contributed by atoms with Crippen LogP contribution in [0.3, 0.4) is 0 Å². The van der Waals surface area contributed by atoms with Gasteiger partial charge in [0.05, 0.1) is 0 Å². The first-order valence-electron chi connectivity index (χ1n) is 6.85. The van der Waals surface area contributed by atoms with Crippen LogP contribution >= 0.6 is 0 Å². The Balaban J connectivity index is 2.65. The normalized spacial score (nSPS) is 15.9. The standard InChI is InChI=1S/C19H20O2/c1-16(20)9-3-5-11-18-13-7-8-14-19(15-18)12-6-4-10-17(2)21/h3-14H,15H2,1-2H3/b9-3+,10-4+,11-5+,12-6+. The fourth-order valence-corrected chi connectivity index (χ4v) is 1.68. The molecule has 0 saturated heterocycles. The van der Waals surface area contributed by atoms with E-state index in [-0.39, 0.29) is 11.6 Å². The summed E-state index contributed by atoms with van der Waals surface area (Å²) in [6, 6.07) is 0. The van der Waals surface area contributed by atoms with Crippen LogP contribution in [0.1, 0.15) is 20.3 Å². The van der Waals surface area contributed by atoms with Crippen LogP contribution in [0.5, 0.6) is 0 Å². The number of hydrogen-bond acceptors (Lipinski definition) is 2. The molecule has 2 heteroatoms. The molecule has 0 aliphatic heterocycles. The second kappa shape index (κ2) is 9.43. The van der Waals surface area contributed by atoms with E-state index in [9.17, 15) is 9.59 Å². The van der Waals surface area contributed by atoms with Gasteiger partial charge in [-0.15, -0.1) is 0 Å². The number of rotatable bonds is 6. The lowest BCUT2D eigenvalue weighted by Gasteiger charge is -2.00. The van der Waals surface area contributed by atoms with Crippen LogP contribution in [0, 0.1) is 0 Å². The molecule has 0 fully saturated rings. The summed E-state index contributed by atoms with van der Waals surface area (Å²) in [5, 5.41) is 0. The summed E-state index contributed by atoms with van der Waals surface area (Å²) >= 11 is 0. The van der Waals surface area contributed by atoms with Gasteiger partial charge in [-0.1, -0.05) is 60.8 Å². The van der Waals surface area contributed by atoms with Crippen LogP contribution in [0.15, 0.2) is 84.1 Å². The van der Waals surface area contributed by atoms with Gasteiger partial charge in [0.15, 0.2) is 11.6 Å². The summed E-state index contributed by atoms with van der Waals surface area (Å²) in [4.78, 5) is 21.6. The molecule has 0 spiro atoms. The average molecular weight is 280 g/mol. The molecule has 2 nitrogen and oxygen atoms in total. The highest BCUT2D eigenvalue weighted by atomic mass is 16.1. The molecule has 0 saturated carbocycles. The third-order valence-electron chi connectivity index (χ3n) is 2.64. The highest BCUT2D eigenvalue weighted by Gasteiger charge is 1.98. The number of allylic oxidation sites excluding steroid dienone is 14. The fourth-order valence-electron chi connectivity index (χ4n) is 1.68. The lowest BCUT2D eigenvalue weighted by molar-refractivity contribution is -0.113. The lowest BCUT2D eigenvalue weighted by atomic mass is 10.0. The molecule has 0 aromatic heterocycles. The average Bonchev–Trinajstić information content (AvgIpc) is 2.65.